The molecule has 7 nitrogen and oxygen atoms in total. The Bertz CT molecular complexity index is 573. The second kappa shape index (κ2) is 8.83. The van der Waals surface area contributed by atoms with Gasteiger partial charge in [0.1, 0.15) is 5.76 Å². The van der Waals surface area contributed by atoms with Crippen molar-refractivity contribution < 1.29 is 65.2 Å². The Kier molecular flexibility index (Phi) is 7.78. The Morgan fingerprint density at radius 3 is 2.82 bits per heavy atom. The van der Waals surface area contributed by atoms with E-state index in [1.54, 1.807) is 19.1 Å². The average molecular weight is 352 g/mol. The first-order valence-corrected chi connectivity index (χ1v) is 7.37. The molecule has 22 heavy (non-hydrogen) atoms. The van der Waals surface area contributed by atoms with Gasteiger partial charge in [-0.2, -0.15) is 0 Å². The van der Waals surface area contributed by atoms with E-state index < -0.39 is 35.0 Å². The zero-order valence-corrected chi connectivity index (χ0v) is 13.1. The second-order valence-electron chi connectivity index (χ2n) is 4.38. The third kappa shape index (κ3) is 4.42. The van der Waals surface area contributed by atoms with Crippen molar-refractivity contribution in [2.45, 2.75) is 19.3 Å². The number of amides is 1. The predicted octanol–water partition coefficient (Wildman–Crippen LogP) is 1.08. The van der Waals surface area contributed by atoms with Crippen molar-refractivity contribution in [3.8, 4) is 0 Å². The van der Waals surface area contributed by atoms with Crippen LogP contribution >= 0.6 is 0 Å². The maximum absolute atomic E-state index is 12.2. The molecule has 0 saturated carbocycles. The van der Waals surface area contributed by atoms with Gasteiger partial charge in [0.25, 0.3) is 0 Å². The molecule has 0 N–H and O–H groups in total. The molecule has 0 bridgehead atoms. The number of carbonyl (C=O) groups is 2. The number of hydrogen-bond acceptors (Lipinski definition) is 6. The minimum atomic E-state index is -2.72. The summed E-state index contributed by atoms with van der Waals surface area (Å²) in [6.07, 6.45) is 3.93. The Morgan fingerprint density at radius 2 is 2.27 bits per heavy atom. The molecule has 2 heterocycles. The van der Waals surface area contributed by atoms with E-state index in [-0.39, 0.29) is 50.8 Å². The Labute approximate surface area is 160 Å². The summed E-state index contributed by atoms with van der Waals surface area (Å²) in [6.45, 7) is 1.85. The van der Waals surface area contributed by atoms with E-state index in [9.17, 15) is 18.4 Å². The number of ether oxygens (including phenoxy) is 1. The average Bonchev–Trinajstić information content (AvgIpc) is 2.94. The molecule has 0 spiro atoms. The van der Waals surface area contributed by atoms with Gasteiger partial charge in [0.05, 0.1) is 36.5 Å². The molecular formula is C13H14ArNO6S-. The summed E-state index contributed by atoms with van der Waals surface area (Å²) in [5.74, 6) is -2.13. The molecule has 9 heteroatoms. The molecule has 3 atom stereocenters. The SMILES string of the molecule is CCOC(=O)C[C@@H]1C(=O)N(S(=O)[O-])C=C[C@@H]1c1ccco1.[Ar]. The van der Waals surface area contributed by atoms with E-state index in [0.717, 1.165) is 0 Å². The first-order chi connectivity index (χ1) is 10.0. The van der Waals surface area contributed by atoms with Crippen molar-refractivity contribution >= 4 is 23.1 Å². The molecule has 0 aliphatic carbocycles. The number of carbonyl (C=O) groups excluding carboxylic acids is 2. The van der Waals surface area contributed by atoms with E-state index in [1.165, 1.54) is 18.5 Å². The van der Waals surface area contributed by atoms with Crippen LogP contribution in [0.3, 0.4) is 0 Å². The van der Waals surface area contributed by atoms with Crippen LogP contribution in [0.4, 0.5) is 0 Å². The van der Waals surface area contributed by atoms with Gasteiger partial charge in [-0.25, -0.2) is 4.31 Å². The van der Waals surface area contributed by atoms with Gasteiger partial charge >= 0.3 is 5.97 Å². The van der Waals surface area contributed by atoms with Crippen molar-refractivity contribution in [2.24, 2.45) is 5.92 Å². The topological polar surface area (TPSA) is 99.9 Å². The van der Waals surface area contributed by atoms with Crippen LogP contribution in [-0.4, -0.2) is 31.6 Å². The van der Waals surface area contributed by atoms with Crippen LogP contribution in [0.25, 0.3) is 0 Å². The van der Waals surface area contributed by atoms with Crippen molar-refractivity contribution in [2.75, 3.05) is 6.61 Å². The van der Waals surface area contributed by atoms with Gasteiger partial charge < -0.3 is 13.7 Å². The third-order valence-electron chi connectivity index (χ3n) is 3.12. The standard InChI is InChI=1S/C13H15NO6S.Ar/c1-2-19-12(15)8-10-9(11-4-3-7-20-11)5-6-14(13(10)16)21(17)18;/h3-7,9-10H,2,8H2,1H3,(H,17,18);/p-1/t9-,10-;/m0./s1. The van der Waals surface area contributed by atoms with Gasteiger partial charge in [-0.15, -0.1) is 0 Å². The molecule has 0 aromatic carbocycles. The Morgan fingerprint density at radius 1 is 1.55 bits per heavy atom. The van der Waals surface area contributed by atoms with Crippen LogP contribution in [0.1, 0.15) is 25.0 Å². The van der Waals surface area contributed by atoms with Gasteiger partial charge in [0, 0.05) is 49.9 Å². The molecule has 1 unspecified atom stereocenters. The van der Waals surface area contributed by atoms with E-state index in [2.05, 4.69) is 0 Å². The maximum atomic E-state index is 12.2. The van der Waals surface area contributed by atoms with E-state index in [4.69, 9.17) is 9.15 Å². The molecule has 2 rings (SSSR count). The van der Waals surface area contributed by atoms with Crippen molar-refractivity contribution in [3.05, 3.63) is 36.4 Å². The first kappa shape index (κ1) is 19.4. The van der Waals surface area contributed by atoms with Gasteiger partial charge in [0.15, 0.2) is 0 Å². The van der Waals surface area contributed by atoms with Crippen LogP contribution in [-0.2, 0) is 25.6 Å². The summed E-state index contributed by atoms with van der Waals surface area (Å²) >= 11 is -2.72. The quantitative estimate of drug-likeness (QED) is 0.581. The van der Waals surface area contributed by atoms with Gasteiger partial charge in [-0.3, -0.25) is 13.8 Å². The second-order valence-corrected chi connectivity index (χ2v) is 5.21. The third-order valence-corrected chi connectivity index (χ3v) is 3.74. The van der Waals surface area contributed by atoms with E-state index in [1.807, 2.05) is 0 Å². The number of allylic oxidation sites excluding steroid dienone is 1. The van der Waals surface area contributed by atoms with Gasteiger partial charge in [-0.05, 0) is 19.1 Å². The summed E-state index contributed by atoms with van der Waals surface area (Å²) in [5.41, 5.74) is 0. The van der Waals surface area contributed by atoms with Crippen LogP contribution in [0.2, 0.25) is 0 Å². The maximum Gasteiger partial charge on any atom is 0.306 e. The fraction of sp³-hybridized carbons (Fsp3) is 0.385. The van der Waals surface area contributed by atoms with Gasteiger partial charge in [-0.1, -0.05) is 6.08 Å². The normalized spacial score (nSPS) is 22.1. The minimum Gasteiger partial charge on any atom is -0.755 e. The molecule has 0 saturated heterocycles. The zero-order valence-electron chi connectivity index (χ0n) is 11.6. The molecule has 0 fully saturated rings. The number of furan rings is 1. The summed E-state index contributed by atoms with van der Waals surface area (Å²) in [6, 6.07) is 3.33. The predicted molar refractivity (Wildman–Crippen MR) is 71.1 cm³/mol. The Hall–Kier alpha value is -0.670. The smallest absolute Gasteiger partial charge is 0.306 e. The number of nitrogens with zero attached hydrogens (tertiary/aromatic N) is 1. The number of esters is 1. The molecule has 1 aliphatic heterocycles. The van der Waals surface area contributed by atoms with E-state index in [0.29, 0.717) is 10.1 Å². The molecule has 1 aliphatic rings. The molecule has 1 aromatic rings. The number of hydrogen-bond donors (Lipinski definition) is 0. The largest absolute Gasteiger partial charge is 0.755 e. The fourth-order valence-corrected chi connectivity index (χ4v) is 2.66. The molecular weight excluding hydrogens is 338 g/mol. The summed E-state index contributed by atoms with van der Waals surface area (Å²) in [5, 5.41) is 0. The summed E-state index contributed by atoms with van der Waals surface area (Å²) in [7, 11) is 0. The van der Waals surface area contributed by atoms with Crippen LogP contribution in [0.15, 0.2) is 35.1 Å². The first-order valence-electron chi connectivity index (χ1n) is 6.34. The van der Waals surface area contributed by atoms with Gasteiger partial charge in [0.2, 0.25) is 5.91 Å². The monoisotopic (exact) mass is 352 g/mol. The molecule has 1 aromatic heterocycles. The molecule has 0 radical (unpaired) electrons. The van der Waals surface area contributed by atoms with Crippen molar-refractivity contribution in [1.29, 1.82) is 0 Å². The zero-order chi connectivity index (χ0) is 15.4. The Balaban J connectivity index is 0.00000242. The fourth-order valence-electron chi connectivity index (χ4n) is 2.21. The van der Waals surface area contributed by atoms with Crippen molar-refractivity contribution in [3.63, 3.8) is 0 Å². The number of rotatable bonds is 5. The van der Waals surface area contributed by atoms with Crippen LogP contribution in [0, 0.1) is 43.7 Å². The van der Waals surface area contributed by atoms with E-state index >= 15 is 0 Å². The molecule has 1 amide bonds. The minimum absolute atomic E-state index is 0. The van der Waals surface area contributed by atoms with Crippen molar-refractivity contribution in [1.82, 2.24) is 4.31 Å². The van der Waals surface area contributed by atoms with Crippen LogP contribution in [0.5, 0.6) is 0 Å². The summed E-state index contributed by atoms with van der Waals surface area (Å²) < 4.78 is 32.7. The van der Waals surface area contributed by atoms with Crippen LogP contribution < -0.4 is 0 Å². The molecule has 122 valence electrons. The summed E-state index contributed by atoms with van der Waals surface area (Å²) in [4.78, 5) is 23.9.